The van der Waals surface area contributed by atoms with E-state index in [2.05, 4.69) is 10.00 Å². The van der Waals surface area contributed by atoms with Gasteiger partial charge >= 0.3 is 0 Å². The van der Waals surface area contributed by atoms with Crippen LogP contribution >= 0.6 is 12.2 Å². The number of methoxy groups -OCH3 is 2. The third-order valence-corrected chi connectivity index (χ3v) is 4.31. The van der Waals surface area contributed by atoms with E-state index in [9.17, 15) is 5.11 Å². The van der Waals surface area contributed by atoms with Gasteiger partial charge in [-0.3, -0.25) is 4.90 Å². The third kappa shape index (κ3) is 3.77. The van der Waals surface area contributed by atoms with E-state index in [0.717, 1.165) is 24.9 Å². The average molecular weight is 351 g/mol. The molecule has 1 atom stereocenters. The van der Waals surface area contributed by atoms with Gasteiger partial charge in [0.1, 0.15) is 11.5 Å². The zero-order valence-electron chi connectivity index (χ0n) is 13.8. The largest absolute Gasteiger partial charge is 0.497 e. The Hall–Kier alpha value is -1.90. The van der Waals surface area contributed by atoms with Crippen LogP contribution in [0.2, 0.25) is 0 Å². The average Bonchev–Trinajstić information content (AvgIpc) is 2.95. The van der Waals surface area contributed by atoms with Gasteiger partial charge in [0.25, 0.3) is 4.84 Å². The van der Waals surface area contributed by atoms with Crippen molar-refractivity contribution in [2.75, 3.05) is 27.3 Å². The van der Waals surface area contributed by atoms with Crippen molar-refractivity contribution in [2.24, 2.45) is 0 Å². The van der Waals surface area contributed by atoms with Crippen molar-refractivity contribution in [3.8, 4) is 23.0 Å². The van der Waals surface area contributed by atoms with Gasteiger partial charge in [-0.05, 0) is 37.2 Å². The molecule has 1 aliphatic heterocycles. The summed E-state index contributed by atoms with van der Waals surface area (Å²) >= 11 is 5.28. The fourth-order valence-electron chi connectivity index (χ4n) is 2.79. The smallest absolute Gasteiger partial charge is 0.288 e. The number of hydrogen-bond acceptors (Lipinski definition) is 7. The molecule has 1 saturated heterocycles. The summed E-state index contributed by atoms with van der Waals surface area (Å²) in [6.07, 6.45) is 1.52. The van der Waals surface area contributed by atoms with Gasteiger partial charge in [-0.2, -0.15) is 0 Å². The Morgan fingerprint density at radius 3 is 2.62 bits per heavy atom. The molecule has 0 amide bonds. The maximum atomic E-state index is 9.78. The summed E-state index contributed by atoms with van der Waals surface area (Å²) in [6, 6.07) is 5.42. The van der Waals surface area contributed by atoms with Gasteiger partial charge in [0.2, 0.25) is 5.89 Å². The SMILES string of the molecule is COc1cc(OC)cc(-c2nn(CN3CCC[C@H](O)C3)c(=S)o2)c1. The van der Waals surface area contributed by atoms with Gasteiger partial charge in [0, 0.05) is 24.7 Å². The van der Waals surface area contributed by atoms with Crippen LogP contribution in [0.25, 0.3) is 11.5 Å². The lowest BCUT2D eigenvalue weighted by Crippen LogP contribution is -2.39. The van der Waals surface area contributed by atoms with Gasteiger partial charge in [-0.25, -0.2) is 4.68 Å². The number of aliphatic hydroxyl groups excluding tert-OH is 1. The zero-order valence-corrected chi connectivity index (χ0v) is 14.6. The van der Waals surface area contributed by atoms with Gasteiger partial charge in [-0.15, -0.1) is 5.10 Å². The van der Waals surface area contributed by atoms with Crippen LogP contribution in [-0.4, -0.2) is 53.2 Å². The standard InChI is InChI=1S/C16H21N3O4S/c1-21-13-6-11(7-14(8-13)22-2)15-17-19(16(24)23-15)10-18-5-3-4-12(20)9-18/h6-8,12,20H,3-5,9-10H2,1-2H3/t12-/m0/s1. The quantitative estimate of drug-likeness (QED) is 0.829. The summed E-state index contributed by atoms with van der Waals surface area (Å²) in [5.74, 6) is 1.72. The molecule has 24 heavy (non-hydrogen) atoms. The monoisotopic (exact) mass is 351 g/mol. The first kappa shape index (κ1) is 16.9. The molecule has 0 spiro atoms. The summed E-state index contributed by atoms with van der Waals surface area (Å²) in [7, 11) is 3.18. The number of benzene rings is 1. The summed E-state index contributed by atoms with van der Waals surface area (Å²) < 4.78 is 17.8. The summed E-state index contributed by atoms with van der Waals surface area (Å²) in [6.45, 7) is 2.03. The Labute approximate surface area is 145 Å². The fourth-order valence-corrected chi connectivity index (χ4v) is 2.97. The lowest BCUT2D eigenvalue weighted by atomic mass is 10.1. The summed E-state index contributed by atoms with van der Waals surface area (Å²) in [4.78, 5) is 2.41. The first-order valence-electron chi connectivity index (χ1n) is 7.81. The van der Waals surface area contributed by atoms with Crippen molar-refractivity contribution in [3.63, 3.8) is 0 Å². The third-order valence-electron chi connectivity index (χ3n) is 4.02. The molecular weight excluding hydrogens is 330 g/mol. The van der Waals surface area contributed by atoms with E-state index in [1.54, 1.807) is 25.0 Å². The minimum Gasteiger partial charge on any atom is -0.497 e. The molecule has 8 heteroatoms. The molecule has 0 bridgehead atoms. The van der Waals surface area contributed by atoms with Crippen LogP contribution in [0, 0.1) is 4.84 Å². The molecule has 1 fully saturated rings. The second-order valence-corrected chi connectivity index (χ2v) is 6.14. The highest BCUT2D eigenvalue weighted by atomic mass is 32.1. The molecule has 0 aliphatic carbocycles. The van der Waals surface area contributed by atoms with Crippen LogP contribution in [0.1, 0.15) is 12.8 Å². The van der Waals surface area contributed by atoms with E-state index in [1.165, 1.54) is 0 Å². The molecule has 0 unspecified atom stereocenters. The first-order valence-corrected chi connectivity index (χ1v) is 8.21. The predicted molar refractivity (Wildman–Crippen MR) is 90.7 cm³/mol. The fraction of sp³-hybridized carbons (Fsp3) is 0.500. The molecule has 1 aromatic heterocycles. The Morgan fingerprint density at radius 2 is 2.00 bits per heavy atom. The van der Waals surface area contributed by atoms with Crippen molar-refractivity contribution >= 4 is 12.2 Å². The molecule has 130 valence electrons. The van der Waals surface area contributed by atoms with E-state index in [0.29, 0.717) is 35.4 Å². The molecule has 2 heterocycles. The van der Waals surface area contributed by atoms with E-state index < -0.39 is 0 Å². The van der Waals surface area contributed by atoms with Crippen molar-refractivity contribution < 1.29 is 19.0 Å². The highest BCUT2D eigenvalue weighted by Gasteiger charge is 2.19. The predicted octanol–water partition coefficient (Wildman–Crippen LogP) is 2.30. The van der Waals surface area contributed by atoms with Crippen LogP contribution in [0.15, 0.2) is 22.6 Å². The maximum absolute atomic E-state index is 9.78. The number of nitrogens with zero attached hydrogens (tertiary/aromatic N) is 3. The molecular formula is C16H21N3O4S. The molecule has 3 rings (SSSR count). The Bertz CT molecular complexity index is 736. The molecule has 2 aromatic rings. The summed E-state index contributed by atoms with van der Waals surface area (Å²) in [5, 5.41) is 14.2. The maximum Gasteiger partial charge on any atom is 0.288 e. The molecule has 0 saturated carbocycles. The number of likely N-dealkylation sites (tertiary alicyclic amines) is 1. The van der Waals surface area contributed by atoms with E-state index in [4.69, 9.17) is 26.1 Å². The molecule has 1 N–H and O–H groups in total. The van der Waals surface area contributed by atoms with E-state index in [-0.39, 0.29) is 6.10 Å². The van der Waals surface area contributed by atoms with Crippen LogP contribution in [0.3, 0.4) is 0 Å². The highest BCUT2D eigenvalue weighted by Crippen LogP contribution is 2.29. The van der Waals surface area contributed by atoms with E-state index in [1.807, 2.05) is 12.1 Å². The molecule has 0 radical (unpaired) electrons. The molecule has 1 aromatic carbocycles. The first-order chi connectivity index (χ1) is 11.6. The van der Waals surface area contributed by atoms with Crippen LogP contribution < -0.4 is 9.47 Å². The topological polar surface area (TPSA) is 72.9 Å². The second kappa shape index (κ2) is 7.33. The summed E-state index contributed by atoms with van der Waals surface area (Å²) in [5.41, 5.74) is 0.731. The number of hydrogen-bond donors (Lipinski definition) is 1. The number of ether oxygens (including phenoxy) is 2. The van der Waals surface area contributed by atoms with Gasteiger partial charge in [0.15, 0.2) is 0 Å². The van der Waals surface area contributed by atoms with Crippen molar-refractivity contribution in [1.82, 2.24) is 14.7 Å². The normalized spacial score (nSPS) is 18.5. The van der Waals surface area contributed by atoms with Gasteiger partial charge in [0.05, 0.1) is 27.0 Å². The number of aliphatic hydroxyl groups is 1. The Kier molecular flexibility index (Phi) is 5.17. The van der Waals surface area contributed by atoms with Crippen molar-refractivity contribution in [3.05, 3.63) is 23.0 Å². The molecule has 7 nitrogen and oxygen atoms in total. The zero-order chi connectivity index (χ0) is 17.1. The number of rotatable bonds is 5. The van der Waals surface area contributed by atoms with Crippen LogP contribution in [0.5, 0.6) is 11.5 Å². The Balaban J connectivity index is 1.84. The van der Waals surface area contributed by atoms with Gasteiger partial charge in [-0.1, -0.05) is 0 Å². The number of β-amino-alcohol motifs (C(OH)–C–C–N with tert-alkyl or cyclic N) is 1. The van der Waals surface area contributed by atoms with Crippen LogP contribution in [-0.2, 0) is 6.67 Å². The number of piperidine rings is 1. The minimum absolute atomic E-state index is 0.290. The van der Waals surface area contributed by atoms with Gasteiger partial charge < -0.3 is 19.0 Å². The lowest BCUT2D eigenvalue weighted by Gasteiger charge is -2.29. The second-order valence-electron chi connectivity index (χ2n) is 5.79. The molecule has 1 aliphatic rings. The number of aromatic nitrogens is 2. The minimum atomic E-state index is -0.290. The van der Waals surface area contributed by atoms with Crippen molar-refractivity contribution in [2.45, 2.75) is 25.6 Å². The lowest BCUT2D eigenvalue weighted by molar-refractivity contribution is 0.0509. The highest BCUT2D eigenvalue weighted by molar-refractivity contribution is 7.71. The van der Waals surface area contributed by atoms with Crippen LogP contribution in [0.4, 0.5) is 0 Å². The Morgan fingerprint density at radius 1 is 1.29 bits per heavy atom. The van der Waals surface area contributed by atoms with E-state index >= 15 is 0 Å². The van der Waals surface area contributed by atoms with Crippen molar-refractivity contribution in [1.29, 1.82) is 0 Å².